The minimum absolute atomic E-state index is 0.00576. The molecule has 0 aliphatic carbocycles. The Hall–Kier alpha value is -2.54. The third-order valence-electron chi connectivity index (χ3n) is 3.91. The van der Waals surface area contributed by atoms with Gasteiger partial charge in [-0.1, -0.05) is 17.7 Å². The van der Waals surface area contributed by atoms with E-state index in [2.05, 4.69) is 9.97 Å². The third kappa shape index (κ3) is 3.51. The van der Waals surface area contributed by atoms with Crippen LogP contribution in [0.2, 0.25) is 5.15 Å². The van der Waals surface area contributed by atoms with Crippen LogP contribution in [-0.2, 0) is 0 Å². The summed E-state index contributed by atoms with van der Waals surface area (Å²) in [5, 5.41) is 0.312. The van der Waals surface area contributed by atoms with Gasteiger partial charge in [-0.25, -0.2) is 4.98 Å². The summed E-state index contributed by atoms with van der Waals surface area (Å²) in [6.45, 7) is 2.50. The van der Waals surface area contributed by atoms with Gasteiger partial charge in [-0.3, -0.25) is 4.79 Å². The molecule has 2 aromatic rings. The average molecular weight is 348 g/mol. The molecule has 3 rings (SSSR count). The van der Waals surface area contributed by atoms with Gasteiger partial charge in [0.05, 0.1) is 7.11 Å². The van der Waals surface area contributed by atoms with Crippen LogP contribution in [0, 0.1) is 0 Å². The zero-order chi connectivity index (χ0) is 17.1. The Kier molecular flexibility index (Phi) is 4.71. The zero-order valence-corrected chi connectivity index (χ0v) is 14.0. The molecule has 1 aromatic heterocycles. The fraction of sp³-hybridized carbons (Fsp3) is 0.312. The highest BCUT2D eigenvalue weighted by atomic mass is 35.5. The van der Waals surface area contributed by atoms with Crippen molar-refractivity contribution < 1.29 is 9.53 Å². The number of carbonyl (C=O) groups is 1. The van der Waals surface area contributed by atoms with Crippen molar-refractivity contribution in [2.24, 2.45) is 0 Å². The van der Waals surface area contributed by atoms with Gasteiger partial charge in [0.1, 0.15) is 16.7 Å². The van der Waals surface area contributed by atoms with E-state index in [0.717, 1.165) is 0 Å². The largest absolute Gasteiger partial charge is 0.497 e. The van der Waals surface area contributed by atoms with Crippen molar-refractivity contribution in [2.45, 2.75) is 0 Å². The quantitative estimate of drug-likeness (QED) is 0.850. The number of anilines is 2. The number of piperazine rings is 1. The number of carbonyl (C=O) groups excluding carboxylic acids is 1. The molecule has 0 bridgehead atoms. The van der Waals surface area contributed by atoms with Crippen molar-refractivity contribution in [3.63, 3.8) is 0 Å². The van der Waals surface area contributed by atoms with Gasteiger partial charge in [0.15, 0.2) is 0 Å². The molecule has 0 saturated carbocycles. The smallest absolute Gasteiger partial charge is 0.254 e. The Morgan fingerprint density at radius 2 is 1.96 bits per heavy atom. The normalized spacial score (nSPS) is 14.6. The summed E-state index contributed by atoms with van der Waals surface area (Å²) in [7, 11) is 1.58. The van der Waals surface area contributed by atoms with Gasteiger partial charge in [0.25, 0.3) is 5.91 Å². The molecule has 2 heterocycles. The summed E-state index contributed by atoms with van der Waals surface area (Å²) in [6.07, 6.45) is 0. The SMILES string of the molecule is COc1cccc(C(=O)N2CCN(c3cc(Cl)nc(N)n3)CC2)c1. The second-order valence-corrected chi connectivity index (χ2v) is 5.81. The Labute approximate surface area is 145 Å². The van der Waals surface area contributed by atoms with Crippen LogP contribution in [-0.4, -0.2) is 54.1 Å². The van der Waals surface area contributed by atoms with Crippen LogP contribution in [0.4, 0.5) is 11.8 Å². The van der Waals surface area contributed by atoms with E-state index in [9.17, 15) is 4.79 Å². The highest BCUT2D eigenvalue weighted by Crippen LogP contribution is 2.20. The second kappa shape index (κ2) is 6.92. The maximum Gasteiger partial charge on any atom is 0.254 e. The summed E-state index contributed by atoms with van der Waals surface area (Å²) in [5.41, 5.74) is 6.26. The molecule has 1 fully saturated rings. The maximum absolute atomic E-state index is 12.6. The number of benzene rings is 1. The minimum atomic E-state index is -0.00576. The average Bonchev–Trinajstić information content (AvgIpc) is 2.60. The first-order chi connectivity index (χ1) is 11.6. The summed E-state index contributed by atoms with van der Waals surface area (Å²) in [4.78, 5) is 24.5. The van der Waals surface area contributed by atoms with Crippen LogP contribution >= 0.6 is 11.6 Å². The van der Waals surface area contributed by atoms with Gasteiger partial charge >= 0.3 is 0 Å². The number of hydrogen-bond acceptors (Lipinski definition) is 6. The lowest BCUT2D eigenvalue weighted by molar-refractivity contribution is 0.0746. The predicted octanol–water partition coefficient (Wildman–Crippen LogP) is 1.68. The van der Waals surface area contributed by atoms with E-state index in [0.29, 0.717) is 48.5 Å². The fourth-order valence-corrected chi connectivity index (χ4v) is 2.85. The molecule has 24 heavy (non-hydrogen) atoms. The molecule has 0 unspecified atom stereocenters. The van der Waals surface area contributed by atoms with Crippen LogP contribution in [0.15, 0.2) is 30.3 Å². The van der Waals surface area contributed by atoms with Crippen LogP contribution in [0.5, 0.6) is 5.75 Å². The number of amides is 1. The number of hydrogen-bond donors (Lipinski definition) is 1. The number of aromatic nitrogens is 2. The van der Waals surface area contributed by atoms with E-state index >= 15 is 0 Å². The van der Waals surface area contributed by atoms with Gasteiger partial charge < -0.3 is 20.3 Å². The van der Waals surface area contributed by atoms with E-state index in [1.54, 1.807) is 25.3 Å². The Balaban J connectivity index is 1.67. The maximum atomic E-state index is 12.6. The van der Waals surface area contributed by atoms with E-state index < -0.39 is 0 Å². The van der Waals surface area contributed by atoms with Crippen molar-refractivity contribution in [1.82, 2.24) is 14.9 Å². The van der Waals surface area contributed by atoms with E-state index in [-0.39, 0.29) is 11.9 Å². The van der Waals surface area contributed by atoms with E-state index in [1.807, 2.05) is 21.9 Å². The third-order valence-corrected chi connectivity index (χ3v) is 4.10. The number of nitrogens with two attached hydrogens (primary N) is 1. The highest BCUT2D eigenvalue weighted by Gasteiger charge is 2.23. The van der Waals surface area contributed by atoms with Gasteiger partial charge in [0, 0.05) is 37.8 Å². The standard InChI is InChI=1S/C16H18ClN5O2/c1-24-12-4-2-3-11(9-12)15(23)22-7-5-21(6-8-22)14-10-13(17)19-16(18)20-14/h2-4,9-10H,5-8H2,1H3,(H2,18,19,20). The Bertz CT molecular complexity index is 727. The molecule has 1 aromatic carbocycles. The summed E-state index contributed by atoms with van der Waals surface area (Å²) in [5.74, 6) is 1.49. The predicted molar refractivity (Wildman–Crippen MR) is 92.6 cm³/mol. The fourth-order valence-electron chi connectivity index (χ4n) is 2.66. The molecule has 1 aliphatic rings. The second-order valence-electron chi connectivity index (χ2n) is 5.42. The van der Waals surface area contributed by atoms with Crippen molar-refractivity contribution in [3.8, 4) is 5.75 Å². The summed E-state index contributed by atoms with van der Waals surface area (Å²) < 4.78 is 5.17. The van der Waals surface area contributed by atoms with Crippen molar-refractivity contribution >= 4 is 29.3 Å². The Morgan fingerprint density at radius 1 is 1.21 bits per heavy atom. The topological polar surface area (TPSA) is 84.6 Å². The Morgan fingerprint density at radius 3 is 2.62 bits per heavy atom. The lowest BCUT2D eigenvalue weighted by Gasteiger charge is -2.35. The molecule has 2 N–H and O–H groups in total. The van der Waals surface area contributed by atoms with E-state index in [4.69, 9.17) is 22.1 Å². The molecule has 0 radical (unpaired) electrons. The number of nitrogen functional groups attached to an aromatic ring is 1. The van der Waals surface area contributed by atoms with Crippen LogP contribution < -0.4 is 15.4 Å². The summed E-state index contributed by atoms with van der Waals surface area (Å²) >= 11 is 5.92. The molecule has 1 amide bonds. The van der Waals surface area contributed by atoms with Crippen molar-refractivity contribution in [2.75, 3.05) is 43.9 Å². The highest BCUT2D eigenvalue weighted by molar-refractivity contribution is 6.29. The number of methoxy groups -OCH3 is 1. The van der Waals surface area contributed by atoms with Gasteiger partial charge in [-0.05, 0) is 18.2 Å². The van der Waals surface area contributed by atoms with Gasteiger partial charge in [-0.2, -0.15) is 4.98 Å². The first-order valence-corrected chi connectivity index (χ1v) is 7.93. The number of ether oxygens (including phenoxy) is 1. The molecule has 0 atom stereocenters. The number of halogens is 1. The first-order valence-electron chi connectivity index (χ1n) is 7.55. The zero-order valence-electron chi connectivity index (χ0n) is 13.3. The monoisotopic (exact) mass is 347 g/mol. The summed E-state index contributed by atoms with van der Waals surface area (Å²) in [6, 6.07) is 8.85. The van der Waals surface area contributed by atoms with Crippen LogP contribution in [0.25, 0.3) is 0 Å². The minimum Gasteiger partial charge on any atom is -0.497 e. The number of nitrogens with zero attached hydrogens (tertiary/aromatic N) is 4. The molecule has 7 nitrogen and oxygen atoms in total. The van der Waals surface area contributed by atoms with Crippen molar-refractivity contribution in [3.05, 3.63) is 41.0 Å². The van der Waals surface area contributed by atoms with Gasteiger partial charge in [-0.15, -0.1) is 0 Å². The van der Waals surface area contributed by atoms with Crippen LogP contribution in [0.3, 0.4) is 0 Å². The molecule has 0 spiro atoms. The molecule has 1 aliphatic heterocycles. The molecule has 1 saturated heterocycles. The van der Waals surface area contributed by atoms with Gasteiger partial charge in [0.2, 0.25) is 5.95 Å². The first kappa shape index (κ1) is 16.3. The molecule has 126 valence electrons. The van der Waals surface area contributed by atoms with Crippen molar-refractivity contribution in [1.29, 1.82) is 0 Å². The van der Waals surface area contributed by atoms with E-state index in [1.165, 1.54) is 0 Å². The van der Waals surface area contributed by atoms with Crippen LogP contribution in [0.1, 0.15) is 10.4 Å². The molecular weight excluding hydrogens is 330 g/mol. The molecular formula is C16H18ClN5O2. The molecule has 8 heteroatoms. The lowest BCUT2D eigenvalue weighted by Crippen LogP contribution is -2.49. The lowest BCUT2D eigenvalue weighted by atomic mass is 10.1. The number of rotatable bonds is 3.